The molecule has 3 heterocycles. The number of carbonyl (C=O) groups excluding carboxylic acids is 1. The number of benzene rings is 1. The SMILES string of the molecule is O=C1C(Cc2ccc(Cl)cc2)CCCN1c1ccc(-c2ccncc2)nn1. The van der Waals surface area contributed by atoms with Gasteiger partial charge in [0.1, 0.15) is 0 Å². The maximum Gasteiger partial charge on any atom is 0.231 e. The molecule has 1 fully saturated rings. The second-order valence-electron chi connectivity index (χ2n) is 6.67. The Balaban J connectivity index is 1.49. The number of hydrogen-bond donors (Lipinski definition) is 0. The normalized spacial score (nSPS) is 17.1. The summed E-state index contributed by atoms with van der Waals surface area (Å²) < 4.78 is 0. The first kappa shape index (κ1) is 17.6. The molecular formula is C21H19ClN4O. The highest BCUT2D eigenvalue weighted by Gasteiger charge is 2.30. The molecule has 2 aromatic heterocycles. The number of rotatable bonds is 4. The Morgan fingerprint density at radius 2 is 1.78 bits per heavy atom. The van der Waals surface area contributed by atoms with Crippen LogP contribution >= 0.6 is 11.6 Å². The first-order chi connectivity index (χ1) is 13.2. The molecule has 1 aliphatic heterocycles. The summed E-state index contributed by atoms with van der Waals surface area (Å²) in [5.74, 6) is 0.683. The van der Waals surface area contributed by atoms with Crippen molar-refractivity contribution in [1.29, 1.82) is 0 Å². The number of piperidine rings is 1. The van der Waals surface area contributed by atoms with Crippen molar-refractivity contribution in [2.45, 2.75) is 19.3 Å². The lowest BCUT2D eigenvalue weighted by molar-refractivity contribution is -0.123. The fourth-order valence-corrected chi connectivity index (χ4v) is 3.54. The maximum atomic E-state index is 13.0. The highest BCUT2D eigenvalue weighted by atomic mass is 35.5. The summed E-state index contributed by atoms with van der Waals surface area (Å²) in [6.45, 7) is 0.680. The van der Waals surface area contributed by atoms with E-state index in [1.807, 2.05) is 48.5 Å². The Morgan fingerprint density at radius 3 is 2.48 bits per heavy atom. The summed E-state index contributed by atoms with van der Waals surface area (Å²) in [4.78, 5) is 18.7. The third-order valence-corrected chi connectivity index (χ3v) is 5.10. The lowest BCUT2D eigenvalue weighted by Crippen LogP contribution is -2.42. The first-order valence-corrected chi connectivity index (χ1v) is 9.38. The van der Waals surface area contributed by atoms with E-state index >= 15 is 0 Å². The van der Waals surface area contributed by atoms with Crippen LogP contribution in [0.25, 0.3) is 11.3 Å². The minimum atomic E-state index is -0.0402. The monoisotopic (exact) mass is 378 g/mol. The van der Waals surface area contributed by atoms with Gasteiger partial charge in [-0.3, -0.25) is 14.7 Å². The van der Waals surface area contributed by atoms with E-state index in [2.05, 4.69) is 15.2 Å². The van der Waals surface area contributed by atoms with Crippen LogP contribution < -0.4 is 4.90 Å². The molecule has 5 nitrogen and oxygen atoms in total. The molecule has 136 valence electrons. The molecule has 0 aliphatic carbocycles. The molecule has 1 aliphatic rings. The lowest BCUT2D eigenvalue weighted by atomic mass is 9.90. The molecular weight excluding hydrogens is 360 g/mol. The van der Waals surface area contributed by atoms with Crippen LogP contribution in [0.4, 0.5) is 5.82 Å². The van der Waals surface area contributed by atoms with Gasteiger partial charge in [-0.15, -0.1) is 10.2 Å². The standard InChI is InChI=1S/C21H19ClN4O/c22-18-5-3-15(4-6-18)14-17-2-1-13-26(21(17)27)20-8-7-19(24-25-20)16-9-11-23-12-10-16/h3-12,17H,1-2,13-14H2. The summed E-state index contributed by atoms with van der Waals surface area (Å²) in [6.07, 6.45) is 6.01. The van der Waals surface area contributed by atoms with Gasteiger partial charge >= 0.3 is 0 Å². The highest BCUT2D eigenvalue weighted by Crippen LogP contribution is 2.27. The largest absolute Gasteiger partial charge is 0.295 e. The maximum absolute atomic E-state index is 13.0. The number of hydrogen-bond acceptors (Lipinski definition) is 4. The van der Waals surface area contributed by atoms with Crippen molar-refractivity contribution in [2.75, 3.05) is 11.4 Å². The topological polar surface area (TPSA) is 59.0 Å². The van der Waals surface area contributed by atoms with Gasteiger partial charge in [0.2, 0.25) is 5.91 Å². The molecule has 1 unspecified atom stereocenters. The highest BCUT2D eigenvalue weighted by molar-refractivity contribution is 6.30. The molecule has 3 aromatic rings. The molecule has 1 atom stereocenters. The molecule has 1 saturated heterocycles. The number of halogens is 1. The average molecular weight is 379 g/mol. The van der Waals surface area contributed by atoms with Crippen LogP contribution in [0.3, 0.4) is 0 Å². The molecule has 1 aromatic carbocycles. The summed E-state index contributed by atoms with van der Waals surface area (Å²) in [5.41, 5.74) is 2.84. The van der Waals surface area contributed by atoms with Crippen LogP contribution in [-0.4, -0.2) is 27.6 Å². The quantitative estimate of drug-likeness (QED) is 0.683. The van der Waals surface area contributed by atoms with E-state index in [4.69, 9.17) is 11.6 Å². The zero-order valence-electron chi connectivity index (χ0n) is 14.8. The van der Waals surface area contributed by atoms with Crippen molar-refractivity contribution in [3.63, 3.8) is 0 Å². The van der Waals surface area contributed by atoms with E-state index < -0.39 is 0 Å². The molecule has 4 rings (SSSR count). The summed E-state index contributed by atoms with van der Waals surface area (Å²) in [5, 5.41) is 9.30. The number of amides is 1. The minimum absolute atomic E-state index is 0.0402. The number of aromatic nitrogens is 3. The molecule has 0 spiro atoms. The third kappa shape index (κ3) is 3.98. The Labute approximate surface area is 163 Å². The fourth-order valence-electron chi connectivity index (χ4n) is 3.42. The fraction of sp³-hybridized carbons (Fsp3) is 0.238. The molecule has 0 N–H and O–H groups in total. The lowest BCUT2D eigenvalue weighted by Gasteiger charge is -2.31. The van der Waals surface area contributed by atoms with Crippen molar-refractivity contribution in [2.24, 2.45) is 5.92 Å². The van der Waals surface area contributed by atoms with Gasteiger partial charge in [0.15, 0.2) is 5.82 Å². The second kappa shape index (κ2) is 7.84. The summed E-state index contributed by atoms with van der Waals surface area (Å²) in [7, 11) is 0. The summed E-state index contributed by atoms with van der Waals surface area (Å²) >= 11 is 5.95. The van der Waals surface area contributed by atoms with E-state index in [-0.39, 0.29) is 11.8 Å². The summed E-state index contributed by atoms with van der Waals surface area (Å²) in [6, 6.07) is 15.2. The first-order valence-electron chi connectivity index (χ1n) is 9.00. The zero-order valence-corrected chi connectivity index (χ0v) is 15.5. The minimum Gasteiger partial charge on any atom is -0.295 e. The van der Waals surface area contributed by atoms with Crippen molar-refractivity contribution in [1.82, 2.24) is 15.2 Å². The Kier molecular flexibility index (Phi) is 5.12. The Hall–Kier alpha value is -2.79. The van der Waals surface area contributed by atoms with Gasteiger partial charge in [0, 0.05) is 35.4 Å². The van der Waals surface area contributed by atoms with Crippen molar-refractivity contribution in [3.05, 3.63) is 71.5 Å². The molecule has 0 saturated carbocycles. The van der Waals surface area contributed by atoms with Crippen LogP contribution in [0.1, 0.15) is 18.4 Å². The van der Waals surface area contributed by atoms with Crippen LogP contribution in [0, 0.1) is 5.92 Å². The van der Waals surface area contributed by atoms with Gasteiger partial charge in [-0.2, -0.15) is 0 Å². The molecule has 0 bridgehead atoms. The van der Waals surface area contributed by atoms with Crippen LogP contribution in [0.15, 0.2) is 60.9 Å². The predicted molar refractivity (Wildman–Crippen MR) is 105 cm³/mol. The van der Waals surface area contributed by atoms with Crippen LogP contribution in [0.5, 0.6) is 0 Å². The molecule has 1 amide bonds. The number of carbonyl (C=O) groups is 1. The van der Waals surface area contributed by atoms with Gasteiger partial charge < -0.3 is 0 Å². The number of pyridine rings is 1. The van der Waals surface area contributed by atoms with Crippen molar-refractivity contribution in [3.8, 4) is 11.3 Å². The van der Waals surface area contributed by atoms with E-state index in [0.29, 0.717) is 17.4 Å². The third-order valence-electron chi connectivity index (χ3n) is 4.85. The van der Waals surface area contributed by atoms with Crippen molar-refractivity contribution >= 4 is 23.3 Å². The van der Waals surface area contributed by atoms with Gasteiger partial charge in [-0.05, 0) is 61.2 Å². The zero-order chi connectivity index (χ0) is 18.6. The smallest absolute Gasteiger partial charge is 0.231 e. The van der Waals surface area contributed by atoms with Crippen molar-refractivity contribution < 1.29 is 4.79 Å². The molecule has 0 radical (unpaired) electrons. The molecule has 6 heteroatoms. The van der Waals surface area contributed by atoms with Crippen LogP contribution in [-0.2, 0) is 11.2 Å². The van der Waals surface area contributed by atoms with E-state index in [1.54, 1.807) is 17.3 Å². The second-order valence-corrected chi connectivity index (χ2v) is 7.11. The number of nitrogens with zero attached hydrogens (tertiary/aromatic N) is 4. The van der Waals surface area contributed by atoms with E-state index in [9.17, 15) is 4.79 Å². The van der Waals surface area contributed by atoms with Gasteiger partial charge in [-0.1, -0.05) is 23.7 Å². The molecule has 27 heavy (non-hydrogen) atoms. The predicted octanol–water partition coefficient (Wildman–Crippen LogP) is 4.18. The Morgan fingerprint density at radius 1 is 1.00 bits per heavy atom. The van der Waals surface area contributed by atoms with E-state index in [1.165, 1.54) is 0 Å². The van der Waals surface area contributed by atoms with Crippen LogP contribution in [0.2, 0.25) is 5.02 Å². The van der Waals surface area contributed by atoms with Gasteiger partial charge in [0.25, 0.3) is 0 Å². The van der Waals surface area contributed by atoms with Gasteiger partial charge in [-0.25, -0.2) is 0 Å². The number of anilines is 1. The van der Waals surface area contributed by atoms with E-state index in [0.717, 1.165) is 36.1 Å². The average Bonchev–Trinajstić information content (AvgIpc) is 2.72. The van der Waals surface area contributed by atoms with Gasteiger partial charge in [0.05, 0.1) is 5.69 Å². The Bertz CT molecular complexity index is 913.